The molecule has 0 saturated carbocycles. The maximum atomic E-state index is 15.0. The highest BCUT2D eigenvalue weighted by Gasteiger charge is 2.33. The number of nitrogens with zero attached hydrogens (tertiary/aromatic N) is 5. The first-order valence-electron chi connectivity index (χ1n) is 11.7. The smallest absolute Gasteiger partial charge is 0.373 e. The predicted octanol–water partition coefficient (Wildman–Crippen LogP) is 5.20. The number of benzene rings is 1. The molecule has 1 aliphatic heterocycles. The first-order valence-corrected chi connectivity index (χ1v) is 11.7. The van der Waals surface area contributed by atoms with Gasteiger partial charge in [0.1, 0.15) is 22.9 Å². The van der Waals surface area contributed by atoms with Crippen molar-refractivity contribution in [3.05, 3.63) is 81.0 Å². The third-order valence-corrected chi connectivity index (χ3v) is 6.66. The van der Waals surface area contributed by atoms with Crippen LogP contribution >= 0.6 is 0 Å². The quantitative estimate of drug-likeness (QED) is 0.351. The molecule has 4 aromatic rings. The molecule has 3 aromatic heterocycles. The van der Waals surface area contributed by atoms with Gasteiger partial charge in [-0.15, -0.1) is 0 Å². The summed E-state index contributed by atoms with van der Waals surface area (Å²) in [7, 11) is 1.66. The fraction of sp³-hybridized carbons (Fsp3) is 0.346. The first-order chi connectivity index (χ1) is 17.5. The van der Waals surface area contributed by atoms with Gasteiger partial charge in [-0.05, 0) is 57.0 Å². The Kier molecular flexibility index (Phi) is 6.26. The molecule has 0 N–H and O–H groups in total. The summed E-state index contributed by atoms with van der Waals surface area (Å²) in [5.41, 5.74) is 0.805. The van der Waals surface area contributed by atoms with Crippen LogP contribution < -0.4 is 5.56 Å². The van der Waals surface area contributed by atoms with Crippen LogP contribution in [0.1, 0.15) is 53.2 Å². The lowest BCUT2D eigenvalue weighted by atomic mass is 9.91. The van der Waals surface area contributed by atoms with Crippen molar-refractivity contribution in [1.82, 2.24) is 24.5 Å². The molecule has 0 radical (unpaired) electrons. The van der Waals surface area contributed by atoms with Crippen molar-refractivity contribution < 1.29 is 22.3 Å². The molecular weight excluding hydrogens is 490 g/mol. The van der Waals surface area contributed by atoms with E-state index in [4.69, 9.17) is 4.74 Å². The van der Waals surface area contributed by atoms with Gasteiger partial charge in [-0.2, -0.15) is 13.2 Å². The Hall–Kier alpha value is -3.73. The van der Waals surface area contributed by atoms with Gasteiger partial charge in [0.15, 0.2) is 5.65 Å². The lowest BCUT2D eigenvalue weighted by molar-refractivity contribution is -0.137. The molecule has 37 heavy (non-hydrogen) atoms. The summed E-state index contributed by atoms with van der Waals surface area (Å²) in [6.07, 6.45) is -2.57. The normalized spacial score (nSPS) is 18.4. The Balaban J connectivity index is 1.62. The van der Waals surface area contributed by atoms with Crippen molar-refractivity contribution in [2.24, 2.45) is 7.05 Å². The van der Waals surface area contributed by atoms with Crippen LogP contribution in [0.5, 0.6) is 0 Å². The standard InChI is InChI=1S/C26H23F4N5O2/c1-13-14(2)32-24-22(31-13)21(17-7-6-16(12-19(17)27)26(28,29)30)33-23(34-24)15-8-10-37-20(11-15)18-5-4-9-35(3)25(18)36/h4-7,9,12,15,20H,8,10-11H2,1-3H3/t15-,20+/m1/s1. The van der Waals surface area contributed by atoms with Crippen molar-refractivity contribution >= 4 is 11.2 Å². The SMILES string of the molecule is Cc1nc2nc([C@@H]3CCO[C@H](c4cccn(C)c4=O)C3)nc(-c3ccc(C(F)(F)F)cc3F)c2nc1C. The van der Waals surface area contributed by atoms with Crippen LogP contribution in [0.4, 0.5) is 17.6 Å². The number of aromatic nitrogens is 5. The van der Waals surface area contributed by atoms with E-state index in [0.717, 1.165) is 12.1 Å². The highest BCUT2D eigenvalue weighted by atomic mass is 19.4. The first kappa shape index (κ1) is 24.9. The summed E-state index contributed by atoms with van der Waals surface area (Å²) in [4.78, 5) is 30.9. The second-order valence-electron chi connectivity index (χ2n) is 9.15. The van der Waals surface area contributed by atoms with E-state index in [2.05, 4.69) is 19.9 Å². The Morgan fingerprint density at radius 1 is 1.05 bits per heavy atom. The average molecular weight is 513 g/mol. The topological polar surface area (TPSA) is 82.8 Å². The van der Waals surface area contributed by atoms with Gasteiger partial charge in [-0.1, -0.05) is 0 Å². The molecule has 4 heterocycles. The van der Waals surface area contributed by atoms with E-state index in [0.29, 0.717) is 48.3 Å². The summed E-state index contributed by atoms with van der Waals surface area (Å²) in [5, 5.41) is 0. The fourth-order valence-corrected chi connectivity index (χ4v) is 4.49. The molecule has 0 aliphatic carbocycles. The van der Waals surface area contributed by atoms with Gasteiger partial charge in [0.05, 0.1) is 23.1 Å². The summed E-state index contributed by atoms with van der Waals surface area (Å²) in [5.74, 6) is -0.980. The number of alkyl halides is 3. The zero-order valence-corrected chi connectivity index (χ0v) is 20.3. The summed E-state index contributed by atoms with van der Waals surface area (Å²) < 4.78 is 61.8. The van der Waals surface area contributed by atoms with Gasteiger partial charge in [-0.25, -0.2) is 24.3 Å². The van der Waals surface area contributed by atoms with E-state index in [-0.39, 0.29) is 33.9 Å². The number of rotatable bonds is 3. The van der Waals surface area contributed by atoms with Crippen molar-refractivity contribution in [2.45, 2.75) is 44.9 Å². The molecule has 5 rings (SSSR count). The molecule has 0 bridgehead atoms. The van der Waals surface area contributed by atoms with Crippen molar-refractivity contribution in [3.8, 4) is 11.3 Å². The minimum Gasteiger partial charge on any atom is -0.373 e. The number of hydrogen-bond acceptors (Lipinski definition) is 6. The highest BCUT2D eigenvalue weighted by Crippen LogP contribution is 2.38. The summed E-state index contributed by atoms with van der Waals surface area (Å²) in [6, 6.07) is 5.81. The van der Waals surface area contributed by atoms with Gasteiger partial charge >= 0.3 is 6.18 Å². The minimum atomic E-state index is -4.68. The Bertz CT molecular complexity index is 1570. The number of aryl methyl sites for hydroxylation is 3. The van der Waals surface area contributed by atoms with Crippen LogP contribution in [0, 0.1) is 19.7 Å². The number of fused-ring (bicyclic) bond motifs is 1. The van der Waals surface area contributed by atoms with Gasteiger partial charge in [0, 0.05) is 36.9 Å². The van der Waals surface area contributed by atoms with Crippen LogP contribution in [-0.2, 0) is 18.0 Å². The molecule has 0 spiro atoms. The molecule has 1 aliphatic rings. The Morgan fingerprint density at radius 2 is 1.81 bits per heavy atom. The van der Waals surface area contributed by atoms with E-state index in [1.807, 2.05) is 0 Å². The van der Waals surface area contributed by atoms with Gasteiger partial charge < -0.3 is 9.30 Å². The Morgan fingerprint density at radius 3 is 2.54 bits per heavy atom. The van der Waals surface area contributed by atoms with Crippen LogP contribution in [0.3, 0.4) is 0 Å². The zero-order valence-electron chi connectivity index (χ0n) is 20.3. The molecule has 2 atom stereocenters. The minimum absolute atomic E-state index is 0.0699. The number of hydrogen-bond donors (Lipinski definition) is 0. The third-order valence-electron chi connectivity index (χ3n) is 6.66. The summed E-state index contributed by atoms with van der Waals surface area (Å²) in [6.45, 7) is 3.83. The molecule has 0 unspecified atom stereocenters. The third kappa shape index (κ3) is 4.71. The fourth-order valence-electron chi connectivity index (χ4n) is 4.49. The van der Waals surface area contributed by atoms with Crippen LogP contribution in [0.15, 0.2) is 41.3 Å². The molecule has 1 fully saturated rings. The van der Waals surface area contributed by atoms with Crippen LogP contribution in [0.2, 0.25) is 0 Å². The molecular formula is C26H23F4N5O2. The molecule has 7 nitrogen and oxygen atoms in total. The second-order valence-corrected chi connectivity index (χ2v) is 9.15. The van der Waals surface area contributed by atoms with Crippen LogP contribution in [0.25, 0.3) is 22.4 Å². The van der Waals surface area contributed by atoms with Crippen LogP contribution in [-0.4, -0.2) is 31.1 Å². The lowest BCUT2D eigenvalue weighted by Crippen LogP contribution is -2.28. The van der Waals surface area contributed by atoms with Crippen molar-refractivity contribution in [2.75, 3.05) is 6.61 Å². The zero-order chi connectivity index (χ0) is 26.5. The van der Waals surface area contributed by atoms with E-state index in [1.54, 1.807) is 39.2 Å². The number of pyridine rings is 1. The van der Waals surface area contributed by atoms with Gasteiger partial charge in [0.2, 0.25) is 0 Å². The summed E-state index contributed by atoms with van der Waals surface area (Å²) >= 11 is 0. The van der Waals surface area contributed by atoms with E-state index < -0.39 is 23.7 Å². The predicted molar refractivity (Wildman–Crippen MR) is 127 cm³/mol. The maximum absolute atomic E-state index is 15.0. The largest absolute Gasteiger partial charge is 0.416 e. The molecule has 192 valence electrons. The Labute approximate surface area is 209 Å². The second kappa shape index (κ2) is 9.29. The molecule has 11 heteroatoms. The lowest BCUT2D eigenvalue weighted by Gasteiger charge is -2.29. The maximum Gasteiger partial charge on any atom is 0.416 e. The van der Waals surface area contributed by atoms with E-state index in [9.17, 15) is 18.0 Å². The van der Waals surface area contributed by atoms with E-state index >= 15 is 4.39 Å². The average Bonchev–Trinajstić information content (AvgIpc) is 2.85. The molecule has 1 saturated heterocycles. The molecule has 1 aromatic carbocycles. The molecule has 0 amide bonds. The van der Waals surface area contributed by atoms with Gasteiger partial charge in [0.25, 0.3) is 5.56 Å². The van der Waals surface area contributed by atoms with Crippen molar-refractivity contribution in [1.29, 1.82) is 0 Å². The number of halogens is 4. The van der Waals surface area contributed by atoms with E-state index in [1.165, 1.54) is 4.57 Å². The monoisotopic (exact) mass is 513 g/mol. The number of ether oxygens (including phenoxy) is 1. The highest BCUT2D eigenvalue weighted by molar-refractivity contribution is 5.87. The van der Waals surface area contributed by atoms with Crippen molar-refractivity contribution in [3.63, 3.8) is 0 Å². The van der Waals surface area contributed by atoms with Gasteiger partial charge in [-0.3, -0.25) is 4.79 Å².